The smallest absolute Gasteiger partial charge is 0.203 e. The first-order valence-electron chi connectivity index (χ1n) is 5.87. The van der Waals surface area contributed by atoms with Crippen LogP contribution >= 0.6 is 0 Å². The molecule has 1 fully saturated rings. The first kappa shape index (κ1) is 12.1. The third kappa shape index (κ3) is 2.43. The number of benzene rings is 1. The maximum Gasteiger partial charge on any atom is 0.203 e. The number of hydrogen-bond acceptors (Lipinski definition) is 3. The highest BCUT2D eigenvalue weighted by Crippen LogP contribution is 2.40. The van der Waals surface area contributed by atoms with Gasteiger partial charge >= 0.3 is 0 Å². The summed E-state index contributed by atoms with van der Waals surface area (Å²) in [5.74, 6) is -3.29. The van der Waals surface area contributed by atoms with Crippen LogP contribution in [0.2, 0.25) is 0 Å². The van der Waals surface area contributed by atoms with E-state index in [9.17, 15) is 13.2 Å². The summed E-state index contributed by atoms with van der Waals surface area (Å²) < 4.78 is 49.2. The van der Waals surface area contributed by atoms with Crippen molar-refractivity contribution in [2.75, 3.05) is 0 Å². The summed E-state index contributed by atoms with van der Waals surface area (Å²) in [5.41, 5.74) is 0.492. The topological polar surface area (TPSA) is 35.3 Å². The number of hydrogen-bond donors (Lipinski definition) is 0. The Morgan fingerprint density at radius 2 is 2.00 bits per heavy atom. The zero-order chi connectivity index (χ0) is 13.4. The quantitative estimate of drug-likeness (QED) is 0.796. The van der Waals surface area contributed by atoms with E-state index in [-0.39, 0.29) is 12.4 Å². The Morgan fingerprint density at radius 1 is 1.21 bits per heavy atom. The molecule has 0 bridgehead atoms. The summed E-state index contributed by atoms with van der Waals surface area (Å²) in [5, 5.41) is 3.77. The predicted octanol–water partition coefficient (Wildman–Crippen LogP) is 3.55. The van der Waals surface area contributed by atoms with Crippen LogP contribution in [-0.4, -0.2) is 5.16 Å². The summed E-state index contributed by atoms with van der Waals surface area (Å²) in [4.78, 5) is 0. The normalized spacial score (nSPS) is 14.7. The minimum atomic E-state index is -1.55. The predicted molar refractivity (Wildman–Crippen MR) is 59.1 cm³/mol. The van der Waals surface area contributed by atoms with Crippen LogP contribution < -0.4 is 4.74 Å². The fourth-order valence-electron chi connectivity index (χ4n) is 1.73. The lowest BCUT2D eigenvalue weighted by Gasteiger charge is -2.05. The fraction of sp³-hybridized carbons (Fsp3) is 0.308. The van der Waals surface area contributed by atoms with Crippen LogP contribution in [0.15, 0.2) is 22.7 Å². The van der Waals surface area contributed by atoms with Crippen LogP contribution in [0.3, 0.4) is 0 Å². The molecule has 0 N–H and O–H groups in total. The maximum absolute atomic E-state index is 13.3. The molecule has 1 heterocycles. The molecule has 100 valence electrons. The van der Waals surface area contributed by atoms with Crippen LogP contribution in [0.4, 0.5) is 13.2 Å². The Balaban J connectivity index is 1.69. The minimum absolute atomic E-state index is 0.0573. The van der Waals surface area contributed by atoms with Gasteiger partial charge in [0.2, 0.25) is 5.82 Å². The molecule has 0 spiro atoms. The third-order valence-corrected chi connectivity index (χ3v) is 2.93. The number of aromatic nitrogens is 1. The third-order valence-electron chi connectivity index (χ3n) is 2.93. The highest BCUT2D eigenvalue weighted by atomic mass is 19.2. The van der Waals surface area contributed by atoms with Crippen molar-refractivity contribution < 1.29 is 22.4 Å². The molecule has 3 rings (SSSR count). The Morgan fingerprint density at radius 3 is 2.74 bits per heavy atom. The van der Waals surface area contributed by atoms with Crippen molar-refractivity contribution in [3.8, 4) is 5.75 Å². The number of rotatable bonds is 4. The Hall–Kier alpha value is -1.98. The van der Waals surface area contributed by atoms with Crippen LogP contribution in [0.1, 0.15) is 30.2 Å². The molecule has 1 saturated carbocycles. The average molecular weight is 269 g/mol. The molecule has 1 aliphatic carbocycles. The summed E-state index contributed by atoms with van der Waals surface area (Å²) in [6.45, 7) is -0.0573. The van der Waals surface area contributed by atoms with Crippen molar-refractivity contribution in [1.29, 1.82) is 0 Å². The van der Waals surface area contributed by atoms with Crippen molar-refractivity contribution in [3.05, 3.63) is 47.1 Å². The van der Waals surface area contributed by atoms with Crippen molar-refractivity contribution >= 4 is 0 Å². The zero-order valence-electron chi connectivity index (χ0n) is 9.83. The van der Waals surface area contributed by atoms with Gasteiger partial charge in [-0.1, -0.05) is 5.16 Å². The van der Waals surface area contributed by atoms with Crippen molar-refractivity contribution in [3.63, 3.8) is 0 Å². The molecule has 19 heavy (non-hydrogen) atoms. The van der Waals surface area contributed by atoms with Gasteiger partial charge in [-0.3, -0.25) is 0 Å². The molecule has 0 aliphatic heterocycles. The van der Waals surface area contributed by atoms with Gasteiger partial charge in [0.1, 0.15) is 18.1 Å². The molecular formula is C13H10F3NO2. The van der Waals surface area contributed by atoms with Crippen LogP contribution in [0.5, 0.6) is 5.75 Å². The van der Waals surface area contributed by atoms with E-state index in [2.05, 4.69) is 5.16 Å². The van der Waals surface area contributed by atoms with Crippen molar-refractivity contribution in [2.45, 2.75) is 25.4 Å². The number of ether oxygens (including phenoxy) is 1. The molecular weight excluding hydrogens is 259 g/mol. The second-order valence-corrected chi connectivity index (χ2v) is 4.46. The molecule has 1 aromatic carbocycles. The van der Waals surface area contributed by atoms with E-state index in [1.807, 2.05) is 0 Å². The molecule has 1 aromatic heterocycles. The van der Waals surface area contributed by atoms with Crippen molar-refractivity contribution in [1.82, 2.24) is 5.16 Å². The number of nitrogens with zero attached hydrogens (tertiary/aromatic N) is 1. The lowest BCUT2D eigenvalue weighted by atomic mass is 10.3. The molecule has 0 unspecified atom stereocenters. The molecule has 1 aliphatic rings. The molecule has 0 amide bonds. The molecule has 0 saturated heterocycles. The van der Waals surface area contributed by atoms with E-state index in [1.165, 1.54) is 0 Å². The Bertz CT molecular complexity index is 608. The zero-order valence-corrected chi connectivity index (χ0v) is 9.83. The van der Waals surface area contributed by atoms with E-state index in [0.717, 1.165) is 30.7 Å². The van der Waals surface area contributed by atoms with Gasteiger partial charge in [-0.2, -0.15) is 4.39 Å². The van der Waals surface area contributed by atoms with Crippen molar-refractivity contribution in [2.24, 2.45) is 0 Å². The largest absolute Gasteiger partial charge is 0.484 e. The van der Waals surface area contributed by atoms with Crippen LogP contribution in [-0.2, 0) is 6.61 Å². The van der Waals surface area contributed by atoms with Gasteiger partial charge < -0.3 is 9.26 Å². The lowest BCUT2D eigenvalue weighted by Crippen LogP contribution is -2.00. The van der Waals surface area contributed by atoms with Gasteiger partial charge in [0, 0.05) is 12.0 Å². The maximum atomic E-state index is 13.3. The van der Waals surface area contributed by atoms with Gasteiger partial charge in [0.25, 0.3) is 0 Å². The average Bonchev–Trinajstić information content (AvgIpc) is 3.15. The summed E-state index contributed by atoms with van der Waals surface area (Å²) >= 11 is 0. The summed E-state index contributed by atoms with van der Waals surface area (Å²) in [6.07, 6.45) is 2.15. The van der Waals surface area contributed by atoms with Crippen LogP contribution in [0, 0.1) is 17.5 Å². The van der Waals surface area contributed by atoms with E-state index < -0.39 is 17.5 Å². The Kier molecular flexibility index (Phi) is 2.93. The standard InChI is InChI=1S/C13H10F3NO2/c14-9-3-4-10(13(16)12(9)15)18-6-8-5-11(19-17-8)7-1-2-7/h3-5,7H,1-2,6H2. The lowest BCUT2D eigenvalue weighted by molar-refractivity contribution is 0.267. The second-order valence-electron chi connectivity index (χ2n) is 4.46. The van der Waals surface area contributed by atoms with E-state index in [0.29, 0.717) is 11.6 Å². The number of halogens is 3. The highest BCUT2D eigenvalue weighted by Gasteiger charge is 2.28. The molecule has 2 aromatic rings. The molecule has 6 heteroatoms. The molecule has 3 nitrogen and oxygen atoms in total. The first-order chi connectivity index (χ1) is 9.15. The SMILES string of the molecule is Fc1ccc(OCc2cc(C3CC3)on2)c(F)c1F. The van der Waals surface area contributed by atoms with Gasteiger partial charge in [-0.25, -0.2) is 8.78 Å². The summed E-state index contributed by atoms with van der Waals surface area (Å²) in [7, 11) is 0. The monoisotopic (exact) mass is 269 g/mol. The minimum Gasteiger partial charge on any atom is -0.484 e. The van der Waals surface area contributed by atoms with Crippen LogP contribution in [0.25, 0.3) is 0 Å². The van der Waals surface area contributed by atoms with E-state index in [1.54, 1.807) is 6.07 Å². The van der Waals surface area contributed by atoms with E-state index in [4.69, 9.17) is 9.26 Å². The summed E-state index contributed by atoms with van der Waals surface area (Å²) in [6, 6.07) is 3.58. The molecule has 0 radical (unpaired) electrons. The first-order valence-corrected chi connectivity index (χ1v) is 5.87. The fourth-order valence-corrected chi connectivity index (χ4v) is 1.73. The second kappa shape index (κ2) is 4.60. The van der Waals surface area contributed by atoms with Gasteiger partial charge in [-0.05, 0) is 25.0 Å². The van der Waals surface area contributed by atoms with Gasteiger partial charge in [0.05, 0.1) is 0 Å². The molecule has 0 atom stereocenters. The van der Waals surface area contributed by atoms with Gasteiger partial charge in [0.15, 0.2) is 17.4 Å². The van der Waals surface area contributed by atoms with E-state index >= 15 is 0 Å². The van der Waals surface area contributed by atoms with Gasteiger partial charge in [-0.15, -0.1) is 0 Å². The highest BCUT2D eigenvalue weighted by molar-refractivity contribution is 5.26. The Labute approximate surface area is 107 Å².